The molecule has 2 aromatic carbocycles. The molecule has 1 aliphatic heterocycles. The van der Waals surface area contributed by atoms with Crippen molar-refractivity contribution in [2.45, 2.75) is 24.0 Å². The van der Waals surface area contributed by atoms with Crippen LogP contribution in [0.2, 0.25) is 0 Å². The summed E-state index contributed by atoms with van der Waals surface area (Å²) in [4.78, 5) is 12.9. The Morgan fingerprint density at radius 3 is 2.28 bits per heavy atom. The number of amides is 1. The van der Waals surface area contributed by atoms with E-state index in [0.717, 1.165) is 16.8 Å². The third kappa shape index (κ3) is 4.70. The molecule has 0 saturated heterocycles. The molecule has 1 N–H and O–H groups in total. The van der Waals surface area contributed by atoms with Crippen molar-refractivity contribution in [3.8, 4) is 5.75 Å². The van der Waals surface area contributed by atoms with Crippen LogP contribution < -0.4 is 14.4 Å². The molecule has 0 aliphatic carbocycles. The van der Waals surface area contributed by atoms with Crippen molar-refractivity contribution in [1.29, 1.82) is 0 Å². The first-order valence-corrected chi connectivity index (χ1v) is 12.5. The third-order valence-corrected chi connectivity index (χ3v) is 6.87. The van der Waals surface area contributed by atoms with E-state index in [1.165, 1.54) is 12.1 Å². The van der Waals surface area contributed by atoms with Crippen LogP contribution in [0.1, 0.15) is 18.5 Å². The van der Waals surface area contributed by atoms with Crippen molar-refractivity contribution in [2.75, 3.05) is 23.4 Å². The van der Waals surface area contributed by atoms with Crippen molar-refractivity contribution in [2.24, 2.45) is 0 Å². The van der Waals surface area contributed by atoms with Gasteiger partial charge < -0.3 is 10.1 Å². The summed E-state index contributed by atoms with van der Waals surface area (Å²) < 4.78 is 54.3. The van der Waals surface area contributed by atoms with E-state index in [1.54, 1.807) is 43.3 Å². The van der Waals surface area contributed by atoms with Gasteiger partial charge in [0, 0.05) is 6.26 Å². The second-order valence-electron chi connectivity index (χ2n) is 6.94. The van der Waals surface area contributed by atoms with Gasteiger partial charge in [-0.2, -0.15) is 0 Å². The Hall–Kier alpha value is -2.59. The minimum Gasteiger partial charge on any atom is -0.476 e. The van der Waals surface area contributed by atoms with E-state index in [2.05, 4.69) is 5.32 Å². The highest BCUT2D eigenvalue weighted by atomic mass is 32.2. The fraction of sp³-hybridized carbons (Fsp3) is 0.316. The van der Waals surface area contributed by atoms with Crippen LogP contribution in [-0.2, 0) is 24.7 Å². The fourth-order valence-electron chi connectivity index (χ4n) is 3.05. The Labute approximate surface area is 170 Å². The molecular weight excluding hydrogens is 416 g/mol. The number of sulfonamides is 1. The number of hydrogen-bond donors (Lipinski definition) is 1. The first-order chi connectivity index (χ1) is 13.5. The standard InChI is InChI=1S/C19H22N2O6S2/c1-13(14-8-10-15(11-9-14)28(2,23)24)20-19(22)18-12-21(29(3,25)26)16-6-4-5-7-17(16)27-18/h4-11,13,18H,12H2,1-3H3,(H,20,22)/t13-,18-/m1/s1. The summed E-state index contributed by atoms with van der Waals surface area (Å²) in [6, 6.07) is 12.4. The van der Waals surface area contributed by atoms with Gasteiger partial charge in [-0.1, -0.05) is 24.3 Å². The molecule has 1 aliphatic rings. The molecule has 0 spiro atoms. The van der Waals surface area contributed by atoms with Gasteiger partial charge in [-0.15, -0.1) is 0 Å². The number of hydrogen-bond acceptors (Lipinski definition) is 6. The van der Waals surface area contributed by atoms with Gasteiger partial charge in [0.1, 0.15) is 5.75 Å². The van der Waals surface area contributed by atoms with Crippen LogP contribution in [0, 0.1) is 0 Å². The SMILES string of the molecule is C[C@@H](NC(=O)[C@H]1CN(S(C)(=O)=O)c2ccccc2O1)c1ccc(S(C)(=O)=O)cc1. The van der Waals surface area contributed by atoms with E-state index in [-0.39, 0.29) is 11.4 Å². The van der Waals surface area contributed by atoms with Crippen LogP contribution in [-0.4, -0.2) is 47.9 Å². The Morgan fingerprint density at radius 1 is 1.07 bits per heavy atom. The van der Waals surface area contributed by atoms with Gasteiger partial charge in [0.15, 0.2) is 15.9 Å². The zero-order valence-electron chi connectivity index (χ0n) is 16.2. The van der Waals surface area contributed by atoms with Crippen molar-refractivity contribution < 1.29 is 26.4 Å². The summed E-state index contributed by atoms with van der Waals surface area (Å²) in [5.74, 6) is -0.151. The van der Waals surface area contributed by atoms with Gasteiger partial charge in [-0.25, -0.2) is 16.8 Å². The van der Waals surface area contributed by atoms with Gasteiger partial charge >= 0.3 is 0 Å². The van der Waals surface area contributed by atoms with Gasteiger partial charge in [0.05, 0.1) is 29.4 Å². The molecule has 8 nitrogen and oxygen atoms in total. The second-order valence-corrected chi connectivity index (χ2v) is 10.9. The van der Waals surface area contributed by atoms with Crippen LogP contribution in [0.3, 0.4) is 0 Å². The summed E-state index contributed by atoms with van der Waals surface area (Å²) >= 11 is 0. The lowest BCUT2D eigenvalue weighted by Gasteiger charge is -2.34. The number of nitrogens with one attached hydrogen (secondary N) is 1. The van der Waals surface area contributed by atoms with Gasteiger partial charge in [-0.05, 0) is 36.8 Å². The van der Waals surface area contributed by atoms with Gasteiger partial charge in [0.25, 0.3) is 5.91 Å². The Bertz CT molecular complexity index is 1130. The largest absolute Gasteiger partial charge is 0.476 e. The van der Waals surface area contributed by atoms with E-state index < -0.39 is 37.9 Å². The first-order valence-electron chi connectivity index (χ1n) is 8.80. The third-order valence-electron chi connectivity index (χ3n) is 4.59. The first kappa shape index (κ1) is 21.1. The van der Waals surface area contributed by atoms with Crippen LogP contribution in [0.4, 0.5) is 5.69 Å². The molecule has 0 bridgehead atoms. The summed E-state index contributed by atoms with van der Waals surface area (Å²) in [6.07, 6.45) is 1.19. The van der Waals surface area contributed by atoms with Gasteiger partial charge in [-0.3, -0.25) is 9.10 Å². The molecular formula is C19H22N2O6S2. The molecule has 1 heterocycles. The Kier molecular flexibility index (Phi) is 5.59. The maximum absolute atomic E-state index is 12.7. The average molecular weight is 439 g/mol. The number of nitrogens with zero attached hydrogens (tertiary/aromatic N) is 1. The quantitative estimate of drug-likeness (QED) is 0.758. The summed E-state index contributed by atoms with van der Waals surface area (Å²) in [7, 11) is -6.89. The number of benzene rings is 2. The zero-order chi connectivity index (χ0) is 21.4. The van der Waals surface area contributed by atoms with Crippen molar-refractivity contribution in [3.63, 3.8) is 0 Å². The molecule has 2 atom stereocenters. The number of ether oxygens (including phenoxy) is 1. The summed E-state index contributed by atoms with van der Waals surface area (Å²) in [5.41, 5.74) is 1.10. The van der Waals surface area contributed by atoms with Crippen molar-refractivity contribution >= 4 is 31.5 Å². The number of carbonyl (C=O) groups excluding carboxylic acids is 1. The molecule has 10 heteroatoms. The molecule has 2 aromatic rings. The van der Waals surface area contributed by atoms with E-state index in [9.17, 15) is 21.6 Å². The van der Waals surface area contributed by atoms with Crippen molar-refractivity contribution in [1.82, 2.24) is 5.32 Å². The molecule has 0 aromatic heterocycles. The molecule has 0 saturated carbocycles. The topological polar surface area (TPSA) is 110 Å². The number of para-hydroxylation sites is 2. The van der Waals surface area contributed by atoms with E-state index in [4.69, 9.17) is 4.74 Å². The normalized spacial score (nSPS) is 17.8. The van der Waals surface area contributed by atoms with Gasteiger partial charge in [0.2, 0.25) is 10.0 Å². The predicted molar refractivity (Wildman–Crippen MR) is 109 cm³/mol. The van der Waals surface area contributed by atoms with Crippen LogP contribution in [0.15, 0.2) is 53.4 Å². The van der Waals surface area contributed by atoms with Crippen LogP contribution >= 0.6 is 0 Å². The van der Waals surface area contributed by atoms with Crippen molar-refractivity contribution in [3.05, 3.63) is 54.1 Å². The van der Waals surface area contributed by atoms with Crippen LogP contribution in [0.25, 0.3) is 0 Å². The highest BCUT2D eigenvalue weighted by Gasteiger charge is 2.35. The smallest absolute Gasteiger partial charge is 0.263 e. The number of anilines is 1. The zero-order valence-corrected chi connectivity index (χ0v) is 17.8. The number of sulfone groups is 1. The highest BCUT2D eigenvalue weighted by Crippen LogP contribution is 2.34. The monoisotopic (exact) mass is 438 g/mol. The molecule has 29 heavy (non-hydrogen) atoms. The molecule has 3 rings (SSSR count). The fourth-order valence-corrected chi connectivity index (χ4v) is 4.59. The molecule has 0 fully saturated rings. The lowest BCUT2D eigenvalue weighted by molar-refractivity contribution is -0.128. The lowest BCUT2D eigenvalue weighted by Crippen LogP contribution is -2.50. The number of fused-ring (bicyclic) bond motifs is 1. The summed E-state index contributed by atoms with van der Waals surface area (Å²) in [6.45, 7) is 1.61. The predicted octanol–water partition coefficient (Wildman–Crippen LogP) is 1.49. The Balaban J connectivity index is 1.77. The van der Waals surface area contributed by atoms with Crippen LogP contribution in [0.5, 0.6) is 5.75 Å². The highest BCUT2D eigenvalue weighted by molar-refractivity contribution is 7.92. The molecule has 0 radical (unpaired) electrons. The van der Waals surface area contributed by atoms with E-state index in [1.807, 2.05) is 0 Å². The number of rotatable bonds is 5. The summed E-state index contributed by atoms with van der Waals surface area (Å²) in [5, 5.41) is 2.79. The maximum Gasteiger partial charge on any atom is 0.263 e. The molecule has 0 unspecified atom stereocenters. The number of carbonyl (C=O) groups is 1. The second kappa shape index (κ2) is 7.68. The lowest BCUT2D eigenvalue weighted by atomic mass is 10.1. The maximum atomic E-state index is 12.7. The molecule has 1 amide bonds. The van der Waals surface area contributed by atoms with E-state index >= 15 is 0 Å². The minimum atomic E-state index is -3.59. The minimum absolute atomic E-state index is 0.137. The molecule has 156 valence electrons. The Morgan fingerprint density at radius 2 is 1.69 bits per heavy atom. The average Bonchev–Trinajstić information content (AvgIpc) is 2.65. The van der Waals surface area contributed by atoms with E-state index in [0.29, 0.717) is 17.0 Å².